The van der Waals surface area contributed by atoms with Gasteiger partial charge in [-0.3, -0.25) is 4.79 Å². The van der Waals surface area contributed by atoms with E-state index < -0.39 is 23.8 Å². The number of rotatable bonds is 4. The molecule has 1 aliphatic carbocycles. The Morgan fingerprint density at radius 1 is 1.19 bits per heavy atom. The van der Waals surface area contributed by atoms with E-state index in [0.717, 1.165) is 6.42 Å². The number of benzene rings is 2. The summed E-state index contributed by atoms with van der Waals surface area (Å²) in [5, 5.41) is 11.2. The lowest BCUT2D eigenvalue weighted by Gasteiger charge is -2.42. The normalized spacial score (nSPS) is 26.7. The van der Waals surface area contributed by atoms with Crippen LogP contribution in [0.15, 0.2) is 59.6 Å². The molecule has 1 heterocycles. The number of carbonyl (C=O) groups is 1. The number of aliphatic hydroxyl groups excluding tert-OH is 1. The fourth-order valence-electron chi connectivity index (χ4n) is 3.92. The molecular weight excluding hydrogens is 364 g/mol. The molecule has 0 amide bonds. The van der Waals surface area contributed by atoms with E-state index in [0.29, 0.717) is 29.0 Å². The minimum atomic E-state index is -1.09. The van der Waals surface area contributed by atoms with Crippen LogP contribution in [0.3, 0.4) is 0 Å². The maximum absolute atomic E-state index is 13.1. The minimum Gasteiger partial charge on any atom is -0.468 e. The molecule has 2 bridgehead atoms. The first-order valence-corrected chi connectivity index (χ1v) is 9.45. The number of aliphatic imine (C=N–C) groups is 1. The van der Waals surface area contributed by atoms with Gasteiger partial charge >= 0.3 is 0 Å². The molecule has 1 aliphatic heterocycles. The lowest BCUT2D eigenvalue weighted by Crippen LogP contribution is -2.54. The highest BCUT2D eigenvalue weighted by Crippen LogP contribution is 2.45. The Hall–Kier alpha value is -2.21. The Balaban J connectivity index is 1.77. The van der Waals surface area contributed by atoms with Gasteiger partial charge in [0.25, 0.3) is 0 Å². The Labute approximate surface area is 162 Å². The molecule has 0 radical (unpaired) electrons. The van der Waals surface area contributed by atoms with E-state index in [-0.39, 0.29) is 11.7 Å². The summed E-state index contributed by atoms with van der Waals surface area (Å²) < 4.78 is 5.83. The molecule has 2 aromatic carbocycles. The number of carbonyl (C=O) groups excluding carboxylic acids is 1. The SMILES string of the molecule is NC(C1=N[C@@]2(c3ccccc3Cl)CCCC(O1)C2=O)C(O)c1ccccc1. The van der Waals surface area contributed by atoms with Crippen molar-refractivity contribution in [2.75, 3.05) is 0 Å². The van der Waals surface area contributed by atoms with Crippen molar-refractivity contribution in [3.63, 3.8) is 0 Å². The second-order valence-electron chi connectivity index (χ2n) is 7.03. The Kier molecular flexibility index (Phi) is 4.76. The predicted octanol–water partition coefficient (Wildman–Crippen LogP) is 3.15. The molecule has 2 aliphatic rings. The van der Waals surface area contributed by atoms with Crippen LogP contribution in [0.2, 0.25) is 5.02 Å². The zero-order valence-electron chi connectivity index (χ0n) is 14.7. The first-order valence-electron chi connectivity index (χ1n) is 9.07. The van der Waals surface area contributed by atoms with Crippen LogP contribution in [-0.2, 0) is 15.1 Å². The molecule has 0 spiro atoms. The van der Waals surface area contributed by atoms with Gasteiger partial charge in [0.2, 0.25) is 11.7 Å². The third-order valence-electron chi connectivity index (χ3n) is 5.35. The van der Waals surface area contributed by atoms with Gasteiger partial charge in [0.1, 0.15) is 12.1 Å². The molecule has 4 atom stereocenters. The van der Waals surface area contributed by atoms with Gasteiger partial charge in [-0.05, 0) is 30.9 Å². The summed E-state index contributed by atoms with van der Waals surface area (Å²) in [5.41, 5.74) is 6.54. The van der Waals surface area contributed by atoms with Gasteiger partial charge in [-0.25, -0.2) is 4.99 Å². The van der Waals surface area contributed by atoms with Crippen LogP contribution < -0.4 is 5.73 Å². The average molecular weight is 385 g/mol. The third-order valence-corrected chi connectivity index (χ3v) is 5.68. The van der Waals surface area contributed by atoms with E-state index in [1.165, 1.54) is 0 Å². The second-order valence-corrected chi connectivity index (χ2v) is 7.44. The first kappa shape index (κ1) is 18.2. The lowest BCUT2D eigenvalue weighted by molar-refractivity contribution is -0.137. The van der Waals surface area contributed by atoms with Crippen molar-refractivity contribution < 1.29 is 14.6 Å². The highest BCUT2D eigenvalue weighted by Gasteiger charge is 2.52. The molecule has 3 N–H and O–H groups in total. The summed E-state index contributed by atoms with van der Waals surface area (Å²) in [7, 11) is 0. The molecular formula is C21H21ClN2O3. The monoisotopic (exact) mass is 384 g/mol. The van der Waals surface area contributed by atoms with E-state index in [1.54, 1.807) is 18.2 Å². The number of Topliss-reactive ketones (excluding diaryl/α,β-unsaturated/α-hetero) is 1. The molecule has 5 nitrogen and oxygen atoms in total. The molecule has 3 unspecified atom stereocenters. The molecule has 6 heteroatoms. The maximum Gasteiger partial charge on any atom is 0.205 e. The molecule has 140 valence electrons. The smallest absolute Gasteiger partial charge is 0.205 e. The fraction of sp³-hybridized carbons (Fsp3) is 0.333. The molecule has 0 aromatic heterocycles. The van der Waals surface area contributed by atoms with E-state index in [4.69, 9.17) is 22.1 Å². The van der Waals surface area contributed by atoms with Crippen LogP contribution in [0.25, 0.3) is 0 Å². The molecule has 2 aromatic rings. The predicted molar refractivity (Wildman–Crippen MR) is 104 cm³/mol. The molecule has 4 rings (SSSR count). The largest absolute Gasteiger partial charge is 0.468 e. The van der Waals surface area contributed by atoms with Gasteiger partial charge in [-0.15, -0.1) is 0 Å². The number of hydrogen-bond acceptors (Lipinski definition) is 5. The summed E-state index contributed by atoms with van der Waals surface area (Å²) in [6.07, 6.45) is 0.360. The number of hydrogen-bond donors (Lipinski definition) is 2. The van der Waals surface area contributed by atoms with Crippen LogP contribution in [0.1, 0.15) is 36.5 Å². The van der Waals surface area contributed by atoms with E-state index in [9.17, 15) is 9.90 Å². The minimum absolute atomic E-state index is 0.0907. The number of fused-ring (bicyclic) bond motifs is 2. The first-order chi connectivity index (χ1) is 13.0. The lowest BCUT2D eigenvalue weighted by atomic mass is 9.73. The molecule has 1 fully saturated rings. The number of halogens is 1. The van der Waals surface area contributed by atoms with E-state index in [2.05, 4.69) is 4.99 Å². The van der Waals surface area contributed by atoms with Crippen molar-refractivity contribution in [1.29, 1.82) is 0 Å². The number of ether oxygens (including phenoxy) is 1. The summed E-state index contributed by atoms with van der Waals surface area (Å²) in [6, 6.07) is 15.5. The van der Waals surface area contributed by atoms with E-state index >= 15 is 0 Å². The zero-order chi connectivity index (χ0) is 19.0. The molecule has 27 heavy (non-hydrogen) atoms. The van der Waals surface area contributed by atoms with Crippen LogP contribution in [0.4, 0.5) is 0 Å². The second kappa shape index (κ2) is 7.08. The third kappa shape index (κ3) is 3.06. The van der Waals surface area contributed by atoms with Crippen LogP contribution in [0.5, 0.6) is 0 Å². The highest BCUT2D eigenvalue weighted by molar-refractivity contribution is 6.32. The van der Waals surface area contributed by atoms with E-state index in [1.807, 2.05) is 36.4 Å². The Morgan fingerprint density at radius 3 is 2.63 bits per heavy atom. The van der Waals surface area contributed by atoms with Crippen LogP contribution in [-0.4, -0.2) is 28.9 Å². The summed E-state index contributed by atoms with van der Waals surface area (Å²) in [5.74, 6) is 0.113. The number of nitrogens with zero attached hydrogens (tertiary/aromatic N) is 1. The van der Waals surface area contributed by atoms with Crippen molar-refractivity contribution in [3.05, 3.63) is 70.7 Å². The number of ketones is 1. The van der Waals surface area contributed by atoms with Gasteiger partial charge in [0.05, 0.1) is 0 Å². The van der Waals surface area contributed by atoms with Gasteiger partial charge < -0.3 is 15.6 Å². The Morgan fingerprint density at radius 2 is 1.89 bits per heavy atom. The van der Waals surface area contributed by atoms with Crippen molar-refractivity contribution in [1.82, 2.24) is 0 Å². The summed E-state index contributed by atoms with van der Waals surface area (Å²) in [6.45, 7) is 0. The molecule has 0 saturated heterocycles. The van der Waals surface area contributed by atoms with Crippen molar-refractivity contribution in [2.45, 2.75) is 43.1 Å². The van der Waals surface area contributed by atoms with Gasteiger partial charge in [0.15, 0.2) is 11.6 Å². The summed E-state index contributed by atoms with van der Waals surface area (Å²) in [4.78, 5) is 17.8. The van der Waals surface area contributed by atoms with Gasteiger partial charge in [-0.1, -0.05) is 60.1 Å². The van der Waals surface area contributed by atoms with Crippen LogP contribution >= 0.6 is 11.6 Å². The van der Waals surface area contributed by atoms with Crippen molar-refractivity contribution in [3.8, 4) is 0 Å². The molecule has 1 saturated carbocycles. The van der Waals surface area contributed by atoms with Gasteiger partial charge in [0, 0.05) is 10.6 Å². The summed E-state index contributed by atoms with van der Waals surface area (Å²) >= 11 is 6.41. The quantitative estimate of drug-likeness (QED) is 0.848. The van der Waals surface area contributed by atoms with Crippen molar-refractivity contribution >= 4 is 23.3 Å². The number of aliphatic hydroxyl groups is 1. The standard InChI is InChI=1S/C21H21ClN2O3/c22-15-10-5-4-9-14(15)21-12-6-11-16(19(21)26)27-20(24-21)17(23)18(25)13-7-2-1-3-8-13/h1-5,7-10,16-18,25H,6,11-12,23H2/t16?,17?,18?,21-/m1/s1. The van der Waals surface area contributed by atoms with Crippen LogP contribution in [0, 0.1) is 0 Å². The Bertz CT molecular complexity index is 886. The highest BCUT2D eigenvalue weighted by atomic mass is 35.5. The zero-order valence-corrected chi connectivity index (χ0v) is 15.5. The number of nitrogens with two attached hydrogens (primary N) is 1. The maximum atomic E-state index is 13.1. The average Bonchev–Trinajstić information content (AvgIpc) is 2.68. The van der Waals surface area contributed by atoms with Crippen molar-refractivity contribution in [2.24, 2.45) is 10.7 Å². The topological polar surface area (TPSA) is 84.9 Å². The van der Waals surface area contributed by atoms with Gasteiger partial charge in [-0.2, -0.15) is 0 Å². The fourth-order valence-corrected chi connectivity index (χ4v) is 4.21.